The molecule has 29 heavy (non-hydrogen) atoms. The summed E-state index contributed by atoms with van der Waals surface area (Å²) in [4.78, 5) is 43.9. The molecule has 0 saturated heterocycles. The molecule has 0 aliphatic rings. The smallest absolute Gasteiger partial charge is 0.335 e. The number of hydrogen-bond donors (Lipinski definition) is 4. The van der Waals surface area contributed by atoms with Gasteiger partial charge in [-0.1, -0.05) is 32.0 Å². The summed E-state index contributed by atoms with van der Waals surface area (Å²) in [7, 11) is 0. The summed E-state index contributed by atoms with van der Waals surface area (Å²) < 4.78 is 0. The van der Waals surface area contributed by atoms with Gasteiger partial charge >= 0.3 is 5.97 Å². The van der Waals surface area contributed by atoms with Crippen molar-refractivity contribution in [2.24, 2.45) is 11.5 Å². The van der Waals surface area contributed by atoms with E-state index in [0.717, 1.165) is 12.8 Å². The molecule has 0 spiro atoms. The van der Waals surface area contributed by atoms with Crippen molar-refractivity contribution in [3.63, 3.8) is 0 Å². The van der Waals surface area contributed by atoms with E-state index in [9.17, 15) is 19.2 Å². The number of carboxylic acids is 1. The Balaban J connectivity index is 0. The van der Waals surface area contributed by atoms with Crippen molar-refractivity contribution in [3.05, 3.63) is 35.9 Å². The van der Waals surface area contributed by atoms with Crippen LogP contribution in [0.25, 0.3) is 0 Å². The second kappa shape index (κ2) is 18.3. The van der Waals surface area contributed by atoms with E-state index in [4.69, 9.17) is 10.5 Å². The Morgan fingerprint density at radius 3 is 1.31 bits per heavy atom. The molecule has 0 radical (unpaired) electrons. The molecule has 0 fully saturated rings. The summed E-state index contributed by atoms with van der Waals surface area (Å²) in [5, 5.41) is 14.4. The Bertz CT molecular complexity index is 617. The van der Waals surface area contributed by atoms with Crippen LogP contribution in [0.15, 0.2) is 30.3 Å². The number of carboxylic acid groups (broad SMARTS) is 1. The summed E-state index contributed by atoms with van der Waals surface area (Å²) in [5.41, 5.74) is 9.28. The van der Waals surface area contributed by atoms with Crippen LogP contribution < -0.4 is 11.5 Å². The van der Waals surface area contributed by atoms with Crippen LogP contribution in [-0.2, 0) is 14.4 Å². The van der Waals surface area contributed by atoms with Crippen molar-refractivity contribution >= 4 is 29.3 Å². The average Bonchev–Trinajstić information content (AvgIpc) is 2.66. The van der Waals surface area contributed by atoms with Gasteiger partial charge in [-0.25, -0.2) is 4.79 Å². The molecule has 1 aromatic rings. The standard InChI is InChI=1S/C13H22O3.C7H6O2.CH5N3/c1-3-5-11(14)7-9-13(16)10-8-12(15)6-4-2;8-7(9)6-4-2-1-3-5-6;2-1(3)4/h3-10H2,1-2H3;1-5H,(H,8,9);(H5,2,3,4). The van der Waals surface area contributed by atoms with E-state index in [2.05, 4.69) is 11.5 Å². The molecule has 0 aliphatic carbocycles. The largest absolute Gasteiger partial charge is 0.478 e. The third-order valence-corrected chi connectivity index (χ3v) is 3.44. The van der Waals surface area contributed by atoms with Gasteiger partial charge in [0.1, 0.15) is 17.3 Å². The van der Waals surface area contributed by atoms with Crippen molar-refractivity contribution in [1.82, 2.24) is 0 Å². The topological polar surface area (TPSA) is 164 Å². The molecule has 0 unspecified atom stereocenters. The number of hydrogen-bond acceptors (Lipinski definition) is 5. The van der Waals surface area contributed by atoms with E-state index in [0.29, 0.717) is 44.1 Å². The molecule has 8 nitrogen and oxygen atoms in total. The molecular weight excluding hydrogens is 374 g/mol. The molecule has 6 N–H and O–H groups in total. The Kier molecular flexibility index (Phi) is 17.8. The Morgan fingerprint density at radius 1 is 0.759 bits per heavy atom. The van der Waals surface area contributed by atoms with E-state index in [1.165, 1.54) is 0 Å². The second-order valence-corrected chi connectivity index (χ2v) is 6.24. The highest BCUT2D eigenvalue weighted by Gasteiger charge is 2.08. The fourth-order valence-corrected chi connectivity index (χ4v) is 2.07. The van der Waals surface area contributed by atoms with Crippen LogP contribution in [0, 0.1) is 5.41 Å². The number of carbonyl (C=O) groups is 4. The first-order valence-corrected chi connectivity index (χ1v) is 9.56. The highest BCUT2D eigenvalue weighted by Crippen LogP contribution is 2.05. The van der Waals surface area contributed by atoms with E-state index in [-0.39, 0.29) is 23.3 Å². The normalized spacial score (nSPS) is 9.17. The Morgan fingerprint density at radius 2 is 1.07 bits per heavy atom. The van der Waals surface area contributed by atoms with E-state index in [1.807, 2.05) is 13.8 Å². The monoisotopic (exact) mass is 407 g/mol. The quantitative estimate of drug-likeness (QED) is 0.323. The van der Waals surface area contributed by atoms with Gasteiger partial charge in [-0.15, -0.1) is 0 Å². The molecule has 0 atom stereocenters. The maximum absolute atomic E-state index is 11.4. The molecule has 0 aliphatic heterocycles. The van der Waals surface area contributed by atoms with E-state index < -0.39 is 5.97 Å². The molecule has 1 aromatic carbocycles. The van der Waals surface area contributed by atoms with Crippen molar-refractivity contribution in [2.45, 2.75) is 65.2 Å². The van der Waals surface area contributed by atoms with Gasteiger partial charge in [0.05, 0.1) is 5.56 Å². The molecule has 0 heterocycles. The highest BCUT2D eigenvalue weighted by molar-refractivity contribution is 5.89. The molecule has 162 valence electrons. The first kappa shape index (κ1) is 28.2. The van der Waals surface area contributed by atoms with Crippen molar-refractivity contribution in [2.75, 3.05) is 0 Å². The van der Waals surface area contributed by atoms with Gasteiger partial charge in [-0.2, -0.15) is 0 Å². The van der Waals surface area contributed by atoms with Crippen LogP contribution >= 0.6 is 0 Å². The Labute approximate surface area is 172 Å². The first-order chi connectivity index (χ1) is 13.6. The number of guanidine groups is 1. The van der Waals surface area contributed by atoms with Crippen LogP contribution in [0.5, 0.6) is 0 Å². The van der Waals surface area contributed by atoms with Gasteiger partial charge in [-0.05, 0) is 25.0 Å². The van der Waals surface area contributed by atoms with E-state index >= 15 is 0 Å². The number of rotatable bonds is 11. The first-order valence-electron chi connectivity index (χ1n) is 9.56. The van der Waals surface area contributed by atoms with Gasteiger partial charge in [0.2, 0.25) is 0 Å². The summed E-state index contributed by atoms with van der Waals surface area (Å²) in [6.45, 7) is 3.90. The van der Waals surface area contributed by atoms with Crippen LogP contribution in [0.3, 0.4) is 0 Å². The summed E-state index contributed by atoms with van der Waals surface area (Å²) in [5.74, 6) is -0.879. The minimum absolute atomic E-state index is 0.0360. The van der Waals surface area contributed by atoms with Crippen LogP contribution in [0.4, 0.5) is 0 Å². The maximum Gasteiger partial charge on any atom is 0.335 e. The zero-order valence-electron chi connectivity index (χ0n) is 17.3. The number of benzene rings is 1. The van der Waals surface area contributed by atoms with Gasteiger partial charge in [-0.3, -0.25) is 19.8 Å². The van der Waals surface area contributed by atoms with Gasteiger partial charge in [0.25, 0.3) is 0 Å². The zero-order chi connectivity index (χ0) is 22.7. The van der Waals surface area contributed by atoms with Gasteiger partial charge in [0.15, 0.2) is 5.96 Å². The van der Waals surface area contributed by atoms with Gasteiger partial charge < -0.3 is 16.6 Å². The summed E-state index contributed by atoms with van der Waals surface area (Å²) >= 11 is 0. The number of carbonyl (C=O) groups excluding carboxylic acids is 3. The van der Waals surface area contributed by atoms with Crippen LogP contribution in [0.2, 0.25) is 0 Å². The lowest BCUT2D eigenvalue weighted by Crippen LogP contribution is -2.20. The molecule has 1 rings (SSSR count). The maximum atomic E-state index is 11.4. The average molecular weight is 408 g/mol. The molecular formula is C21H33N3O5. The van der Waals surface area contributed by atoms with Gasteiger partial charge in [0, 0.05) is 38.5 Å². The molecule has 0 amide bonds. The van der Waals surface area contributed by atoms with Crippen LogP contribution in [0.1, 0.15) is 75.6 Å². The number of aromatic carboxylic acids is 1. The van der Waals surface area contributed by atoms with Crippen molar-refractivity contribution in [3.8, 4) is 0 Å². The number of nitrogens with one attached hydrogen (secondary N) is 1. The summed E-state index contributed by atoms with van der Waals surface area (Å²) in [6.07, 6.45) is 4.08. The zero-order valence-corrected chi connectivity index (χ0v) is 17.3. The summed E-state index contributed by atoms with van der Waals surface area (Å²) in [6, 6.07) is 8.30. The van der Waals surface area contributed by atoms with Crippen LogP contribution in [-0.4, -0.2) is 34.4 Å². The molecule has 0 bridgehead atoms. The third kappa shape index (κ3) is 21.1. The number of Topliss-reactive ketones (excluding diaryl/α,β-unsaturated/α-hetero) is 3. The number of ketones is 3. The predicted molar refractivity (Wildman–Crippen MR) is 113 cm³/mol. The number of nitrogens with two attached hydrogens (primary N) is 2. The fourth-order valence-electron chi connectivity index (χ4n) is 2.07. The lowest BCUT2D eigenvalue weighted by Gasteiger charge is -2.00. The minimum atomic E-state index is -0.879. The highest BCUT2D eigenvalue weighted by atomic mass is 16.4. The fraction of sp³-hybridized carbons (Fsp3) is 0.476. The van der Waals surface area contributed by atoms with Crippen molar-refractivity contribution in [1.29, 1.82) is 5.41 Å². The Hall–Kier alpha value is -3.03. The third-order valence-electron chi connectivity index (χ3n) is 3.44. The lowest BCUT2D eigenvalue weighted by molar-refractivity contribution is -0.126. The molecule has 0 aromatic heterocycles. The SMILES string of the molecule is CCCC(=O)CCC(=O)CCC(=O)CCC.N=C(N)N.O=C(O)c1ccccc1. The predicted octanol–water partition coefficient (Wildman–Crippen LogP) is 3.08. The van der Waals surface area contributed by atoms with Crippen molar-refractivity contribution < 1.29 is 24.3 Å². The lowest BCUT2D eigenvalue weighted by atomic mass is 10.0. The molecule has 8 heteroatoms. The minimum Gasteiger partial charge on any atom is -0.478 e. The second-order valence-electron chi connectivity index (χ2n) is 6.24. The molecule has 0 saturated carbocycles. The van der Waals surface area contributed by atoms with E-state index in [1.54, 1.807) is 30.3 Å².